The van der Waals surface area contributed by atoms with Gasteiger partial charge in [0, 0.05) is 12.5 Å². The third-order valence-corrected chi connectivity index (χ3v) is 2.68. The molecule has 0 spiro atoms. The molecule has 0 aromatic heterocycles. The number of halogens is 2. The smallest absolute Gasteiger partial charge is 0.206 e. The van der Waals surface area contributed by atoms with Crippen LogP contribution in [0.2, 0.25) is 0 Å². The number of hydrogen-bond donors (Lipinski definition) is 0. The van der Waals surface area contributed by atoms with E-state index in [0.29, 0.717) is 29.2 Å². The van der Waals surface area contributed by atoms with Crippen molar-refractivity contribution in [2.24, 2.45) is 0 Å². The summed E-state index contributed by atoms with van der Waals surface area (Å²) in [6.07, 6.45) is 0.731. The molecule has 0 saturated carbocycles. The van der Waals surface area contributed by atoms with Gasteiger partial charge < -0.3 is 14.2 Å². The van der Waals surface area contributed by atoms with E-state index in [4.69, 9.17) is 14.2 Å². The normalized spacial score (nSPS) is 14.6. The van der Waals surface area contributed by atoms with Gasteiger partial charge in [-0.3, -0.25) is 0 Å². The van der Waals surface area contributed by atoms with E-state index >= 15 is 0 Å². The van der Waals surface area contributed by atoms with E-state index in [1.54, 1.807) is 0 Å². The van der Waals surface area contributed by atoms with Crippen LogP contribution in [0, 0.1) is 5.82 Å². The van der Waals surface area contributed by atoms with Crippen LogP contribution in [0.15, 0.2) is 10.5 Å². The molecular weight excluding hydrogens is 267 g/mol. The molecule has 0 fully saturated rings. The summed E-state index contributed by atoms with van der Waals surface area (Å²) in [5.41, 5.74) is 0. The molecule has 0 N–H and O–H groups in total. The van der Waals surface area contributed by atoms with Crippen LogP contribution in [0.4, 0.5) is 4.39 Å². The third-order valence-electron chi connectivity index (χ3n) is 2.10. The van der Waals surface area contributed by atoms with Gasteiger partial charge in [0.15, 0.2) is 11.6 Å². The lowest BCUT2D eigenvalue weighted by atomic mass is 10.3. The molecule has 0 atom stereocenters. The van der Waals surface area contributed by atoms with Crippen molar-refractivity contribution in [2.75, 3.05) is 20.3 Å². The Bertz CT molecular complexity index is 381. The molecule has 1 aromatic rings. The Morgan fingerprint density at radius 3 is 2.67 bits per heavy atom. The molecular formula is C10H10BrFO3. The summed E-state index contributed by atoms with van der Waals surface area (Å²) in [5, 5.41) is 0. The van der Waals surface area contributed by atoms with Crippen LogP contribution in [0.3, 0.4) is 0 Å². The first-order valence-electron chi connectivity index (χ1n) is 4.55. The van der Waals surface area contributed by atoms with Gasteiger partial charge in [0.05, 0.1) is 24.8 Å². The second kappa shape index (κ2) is 4.26. The van der Waals surface area contributed by atoms with Crippen molar-refractivity contribution in [3.63, 3.8) is 0 Å². The number of fused-ring (bicyclic) bond motifs is 1. The predicted molar refractivity (Wildman–Crippen MR) is 56.3 cm³/mol. The molecule has 1 aromatic carbocycles. The van der Waals surface area contributed by atoms with E-state index in [9.17, 15) is 4.39 Å². The highest BCUT2D eigenvalue weighted by Crippen LogP contribution is 2.43. The zero-order valence-electron chi connectivity index (χ0n) is 8.18. The highest BCUT2D eigenvalue weighted by Gasteiger charge is 2.22. The first-order valence-corrected chi connectivity index (χ1v) is 5.35. The minimum Gasteiger partial charge on any atom is -0.493 e. The number of methoxy groups -OCH3 is 1. The number of benzene rings is 1. The first-order chi connectivity index (χ1) is 7.24. The number of hydrogen-bond acceptors (Lipinski definition) is 3. The maximum Gasteiger partial charge on any atom is 0.206 e. The van der Waals surface area contributed by atoms with Crippen LogP contribution >= 0.6 is 15.9 Å². The van der Waals surface area contributed by atoms with Gasteiger partial charge in [-0.15, -0.1) is 0 Å². The van der Waals surface area contributed by atoms with E-state index in [-0.39, 0.29) is 5.75 Å². The van der Waals surface area contributed by atoms with Crippen LogP contribution in [-0.4, -0.2) is 20.3 Å². The van der Waals surface area contributed by atoms with Crippen LogP contribution in [0.1, 0.15) is 6.42 Å². The largest absolute Gasteiger partial charge is 0.493 e. The standard InChI is InChI=1S/C10H10BrFO3/c1-13-7-5-6(11)8(12)10-9(7)14-3-2-4-15-10/h5H,2-4H2,1H3. The van der Waals surface area contributed by atoms with E-state index in [1.807, 2.05) is 0 Å². The minimum absolute atomic E-state index is 0.124. The summed E-state index contributed by atoms with van der Waals surface area (Å²) in [7, 11) is 1.51. The summed E-state index contributed by atoms with van der Waals surface area (Å²) in [6.45, 7) is 0.952. The van der Waals surface area contributed by atoms with Crippen LogP contribution < -0.4 is 14.2 Å². The molecule has 0 amide bonds. The summed E-state index contributed by atoms with van der Waals surface area (Å²) < 4.78 is 29.8. The van der Waals surface area contributed by atoms with E-state index < -0.39 is 5.82 Å². The Kier molecular flexibility index (Phi) is 3.00. The Labute approximate surface area is 95.3 Å². The fourth-order valence-electron chi connectivity index (χ4n) is 1.39. The van der Waals surface area contributed by atoms with Crippen molar-refractivity contribution in [3.05, 3.63) is 16.4 Å². The lowest BCUT2D eigenvalue weighted by Gasteiger charge is -2.13. The highest BCUT2D eigenvalue weighted by atomic mass is 79.9. The quantitative estimate of drug-likeness (QED) is 0.790. The van der Waals surface area contributed by atoms with Crippen LogP contribution in [0.25, 0.3) is 0 Å². The average molecular weight is 277 g/mol. The Morgan fingerprint density at radius 2 is 2.00 bits per heavy atom. The summed E-state index contributed by atoms with van der Waals surface area (Å²) in [5.74, 6) is 0.488. The molecule has 82 valence electrons. The monoisotopic (exact) mass is 276 g/mol. The second-order valence-corrected chi connectivity index (χ2v) is 3.94. The highest BCUT2D eigenvalue weighted by molar-refractivity contribution is 9.10. The topological polar surface area (TPSA) is 27.7 Å². The van der Waals surface area contributed by atoms with Gasteiger partial charge in [-0.1, -0.05) is 0 Å². The van der Waals surface area contributed by atoms with Crippen molar-refractivity contribution in [2.45, 2.75) is 6.42 Å². The molecule has 0 radical (unpaired) electrons. The van der Waals surface area contributed by atoms with Gasteiger partial charge in [-0.25, -0.2) is 4.39 Å². The molecule has 1 heterocycles. The van der Waals surface area contributed by atoms with E-state index in [2.05, 4.69) is 15.9 Å². The maximum atomic E-state index is 13.7. The summed E-state index contributed by atoms with van der Waals surface area (Å²) >= 11 is 3.10. The Balaban J connectivity index is 2.57. The molecule has 1 aliphatic heterocycles. The minimum atomic E-state index is -0.451. The average Bonchev–Trinajstić information content (AvgIpc) is 2.49. The van der Waals surface area contributed by atoms with E-state index in [1.165, 1.54) is 13.2 Å². The molecule has 2 rings (SSSR count). The van der Waals surface area contributed by atoms with Gasteiger partial charge in [-0.2, -0.15) is 0 Å². The molecule has 5 heteroatoms. The molecule has 0 bridgehead atoms. The van der Waals surface area contributed by atoms with Crippen molar-refractivity contribution < 1.29 is 18.6 Å². The van der Waals surface area contributed by atoms with Crippen molar-refractivity contribution >= 4 is 15.9 Å². The Morgan fingerprint density at radius 1 is 1.33 bits per heavy atom. The van der Waals surface area contributed by atoms with Gasteiger partial charge in [-0.05, 0) is 15.9 Å². The Hall–Kier alpha value is -0.970. The number of ether oxygens (including phenoxy) is 3. The molecule has 3 nitrogen and oxygen atoms in total. The van der Waals surface area contributed by atoms with Crippen LogP contribution in [0.5, 0.6) is 17.2 Å². The molecule has 0 saturated heterocycles. The molecule has 0 unspecified atom stereocenters. The van der Waals surface area contributed by atoms with Gasteiger partial charge in [0.25, 0.3) is 0 Å². The fourth-order valence-corrected chi connectivity index (χ4v) is 1.78. The van der Waals surface area contributed by atoms with E-state index in [0.717, 1.165) is 6.42 Å². The summed E-state index contributed by atoms with van der Waals surface area (Å²) in [6, 6.07) is 1.53. The third kappa shape index (κ3) is 1.88. The molecule has 1 aliphatic rings. The molecule has 15 heavy (non-hydrogen) atoms. The number of rotatable bonds is 1. The van der Waals surface area contributed by atoms with Crippen molar-refractivity contribution in [3.8, 4) is 17.2 Å². The summed E-state index contributed by atoms with van der Waals surface area (Å²) in [4.78, 5) is 0. The molecule has 0 aliphatic carbocycles. The lowest BCUT2D eigenvalue weighted by molar-refractivity contribution is 0.288. The lowest BCUT2D eigenvalue weighted by Crippen LogP contribution is -1.98. The first kappa shape index (κ1) is 10.5. The zero-order valence-corrected chi connectivity index (χ0v) is 9.77. The zero-order chi connectivity index (χ0) is 10.8. The SMILES string of the molecule is COc1cc(Br)c(F)c2c1OCCCO2. The van der Waals surface area contributed by atoms with Crippen LogP contribution in [-0.2, 0) is 0 Å². The second-order valence-electron chi connectivity index (χ2n) is 3.08. The van der Waals surface area contributed by atoms with Crippen molar-refractivity contribution in [1.82, 2.24) is 0 Å². The maximum absolute atomic E-state index is 13.7. The van der Waals surface area contributed by atoms with Gasteiger partial charge in [0.2, 0.25) is 11.5 Å². The van der Waals surface area contributed by atoms with Gasteiger partial charge in [0.1, 0.15) is 0 Å². The van der Waals surface area contributed by atoms with Crippen molar-refractivity contribution in [1.29, 1.82) is 0 Å². The fraction of sp³-hybridized carbons (Fsp3) is 0.400. The van der Waals surface area contributed by atoms with Gasteiger partial charge >= 0.3 is 0 Å². The predicted octanol–water partition coefficient (Wildman–Crippen LogP) is 2.76.